The Balaban J connectivity index is 0.000000148. The number of rotatable bonds is 24. The number of carbonyl (C=O) groups is 1. The van der Waals surface area contributed by atoms with Crippen molar-refractivity contribution in [2.75, 3.05) is 96.5 Å². The number of aliphatic hydroxyl groups excluding tert-OH is 3. The molecule has 3 atom stereocenters. The van der Waals surface area contributed by atoms with E-state index in [4.69, 9.17) is 44.2 Å². The third kappa shape index (κ3) is 19.3. The number of ether oxygens (including phenoxy) is 4. The fraction of sp³-hybridized carbons (Fsp3) is 0.544. The maximum atomic E-state index is 12.3. The lowest BCUT2D eigenvalue weighted by Crippen LogP contribution is -2.34. The van der Waals surface area contributed by atoms with Crippen LogP contribution in [0, 0.1) is 0 Å². The summed E-state index contributed by atoms with van der Waals surface area (Å²) in [7, 11) is 5.05. The van der Waals surface area contributed by atoms with Crippen molar-refractivity contribution in [2.24, 2.45) is 0 Å². The van der Waals surface area contributed by atoms with Crippen molar-refractivity contribution in [3.8, 4) is 33.4 Å². The predicted molar refractivity (Wildman–Crippen MR) is 408 cm³/mol. The van der Waals surface area contributed by atoms with Gasteiger partial charge in [0, 0.05) is 152 Å². The number of piperidine rings is 1. The summed E-state index contributed by atoms with van der Waals surface area (Å²) in [4.78, 5) is 44.7. The zero-order valence-corrected chi connectivity index (χ0v) is 62.5. The first-order chi connectivity index (χ1) is 51.0. The van der Waals surface area contributed by atoms with Crippen molar-refractivity contribution in [1.29, 1.82) is 0 Å². The van der Waals surface area contributed by atoms with Crippen molar-refractivity contribution in [3.05, 3.63) is 133 Å². The van der Waals surface area contributed by atoms with Crippen LogP contribution in [0.3, 0.4) is 0 Å². The van der Waals surface area contributed by atoms with E-state index >= 15 is 0 Å². The molecule has 11 heterocycles. The quantitative estimate of drug-likeness (QED) is 0.0296. The molecule has 5 aliphatic rings. The molecule has 562 valence electrons. The molecule has 5 fully saturated rings. The second-order valence-corrected chi connectivity index (χ2v) is 29.5. The molecule has 14 rings (SSSR count). The van der Waals surface area contributed by atoms with Crippen LogP contribution in [0.5, 0.6) is 0 Å². The molecule has 26 nitrogen and oxygen atoms in total. The van der Waals surface area contributed by atoms with Gasteiger partial charge in [0.05, 0.1) is 104 Å². The molecule has 0 spiro atoms. The Morgan fingerprint density at radius 1 is 0.495 bits per heavy atom. The SMILES string of the molecule is C=C(c1ccc(-c2cc(C3CCC(O)CC3)n3nc(N[C@@H](C)COC)ncc23)cn1)N1CCOCC1.COC[C@H](C)Nc1ncc2c(-c3ccc(C(=O)NC(C)C)nc3)cc(C3CCC(O)CC3)n2n1.COC[C@H](C)Nc1ncc2c(-c3ccc(CN4CCCCC4)nc3)cc(C3CCC(O)CC3)n2n1. The first-order valence-corrected chi connectivity index (χ1v) is 37.9. The molecule has 2 saturated heterocycles. The molecule has 2 aliphatic heterocycles. The molecule has 1 amide bonds. The van der Waals surface area contributed by atoms with Gasteiger partial charge in [-0.1, -0.05) is 31.2 Å². The van der Waals surface area contributed by atoms with Gasteiger partial charge in [0.15, 0.2) is 0 Å². The highest BCUT2D eigenvalue weighted by atomic mass is 16.5. The number of likely N-dealkylation sites (tertiary alicyclic amines) is 1. The van der Waals surface area contributed by atoms with E-state index < -0.39 is 0 Å². The zero-order chi connectivity index (χ0) is 73.5. The van der Waals surface area contributed by atoms with Gasteiger partial charge in [-0.05, 0) is 174 Å². The fourth-order valence-electron chi connectivity index (χ4n) is 15.2. The van der Waals surface area contributed by atoms with Crippen molar-refractivity contribution < 1.29 is 39.1 Å². The lowest BCUT2D eigenvalue weighted by molar-refractivity contribution is 0.0639. The molecule has 3 saturated carbocycles. The summed E-state index contributed by atoms with van der Waals surface area (Å²) in [6.07, 6.45) is 25.1. The summed E-state index contributed by atoms with van der Waals surface area (Å²) in [6, 6.07) is 19.1. The number of morpholine rings is 1. The van der Waals surface area contributed by atoms with Gasteiger partial charge < -0.3 is 60.4 Å². The number of nitrogens with zero attached hydrogens (tertiary/aromatic N) is 14. The topological polar surface area (TPSA) is 299 Å². The maximum absolute atomic E-state index is 12.3. The monoisotopic (exact) mass is 1440 g/mol. The van der Waals surface area contributed by atoms with Gasteiger partial charge in [-0.2, -0.15) is 0 Å². The number of hydrogen-bond acceptors (Lipinski definition) is 22. The Bertz CT molecular complexity index is 4260. The fourth-order valence-corrected chi connectivity index (χ4v) is 15.2. The summed E-state index contributed by atoms with van der Waals surface area (Å²) < 4.78 is 27.2. The minimum absolute atomic E-state index is 0.0486. The number of anilines is 3. The molecule has 0 aromatic carbocycles. The summed E-state index contributed by atoms with van der Waals surface area (Å²) in [6.45, 7) is 22.3. The molecule has 0 radical (unpaired) electrons. The van der Waals surface area contributed by atoms with E-state index in [0.717, 1.165) is 188 Å². The Labute approximate surface area is 616 Å². The molecule has 105 heavy (non-hydrogen) atoms. The third-order valence-electron chi connectivity index (χ3n) is 20.8. The van der Waals surface area contributed by atoms with Crippen LogP contribution in [0.25, 0.3) is 55.6 Å². The van der Waals surface area contributed by atoms with Gasteiger partial charge in [-0.15, -0.1) is 15.3 Å². The van der Waals surface area contributed by atoms with Gasteiger partial charge in [0.25, 0.3) is 5.91 Å². The second-order valence-electron chi connectivity index (χ2n) is 29.5. The van der Waals surface area contributed by atoms with E-state index in [-0.39, 0.29) is 48.4 Å². The van der Waals surface area contributed by atoms with Crippen LogP contribution in [-0.2, 0) is 25.5 Å². The Morgan fingerprint density at radius 2 is 0.876 bits per heavy atom. The van der Waals surface area contributed by atoms with Crippen LogP contribution in [-0.4, -0.2) is 213 Å². The predicted octanol–water partition coefficient (Wildman–Crippen LogP) is 11.2. The highest BCUT2D eigenvalue weighted by Gasteiger charge is 2.30. The molecule has 9 aromatic heterocycles. The summed E-state index contributed by atoms with van der Waals surface area (Å²) in [5, 5.41) is 57.5. The zero-order valence-electron chi connectivity index (χ0n) is 62.5. The van der Waals surface area contributed by atoms with Crippen molar-refractivity contribution in [2.45, 2.75) is 198 Å². The highest BCUT2D eigenvalue weighted by molar-refractivity contribution is 5.93. The van der Waals surface area contributed by atoms with E-state index in [9.17, 15) is 20.1 Å². The molecule has 3 aliphatic carbocycles. The number of aromatic nitrogens is 12. The van der Waals surface area contributed by atoms with Crippen molar-refractivity contribution in [1.82, 2.24) is 73.9 Å². The number of aliphatic hydroxyl groups is 3. The largest absolute Gasteiger partial charge is 0.393 e. The maximum Gasteiger partial charge on any atom is 0.270 e. The smallest absolute Gasteiger partial charge is 0.270 e. The molecule has 26 heteroatoms. The van der Waals surface area contributed by atoms with E-state index in [2.05, 4.69) is 101 Å². The lowest BCUT2D eigenvalue weighted by atomic mass is 9.85. The van der Waals surface area contributed by atoms with Crippen LogP contribution < -0.4 is 21.3 Å². The van der Waals surface area contributed by atoms with Crippen LogP contribution in [0.4, 0.5) is 17.8 Å². The van der Waals surface area contributed by atoms with E-state index in [1.807, 2.05) is 84.4 Å². The first-order valence-electron chi connectivity index (χ1n) is 37.9. The van der Waals surface area contributed by atoms with Gasteiger partial charge in [-0.3, -0.25) is 24.6 Å². The average molecular weight is 1440 g/mol. The Morgan fingerprint density at radius 3 is 1.23 bits per heavy atom. The highest BCUT2D eigenvalue weighted by Crippen LogP contribution is 2.41. The molecule has 7 N–H and O–H groups in total. The Kier molecular flexibility index (Phi) is 26.2. The van der Waals surface area contributed by atoms with Gasteiger partial charge in [0.2, 0.25) is 17.8 Å². The number of carbonyl (C=O) groups excluding carboxylic acids is 1. The molecular weight excluding hydrogens is 1330 g/mol. The normalized spacial score (nSPS) is 21.1. The van der Waals surface area contributed by atoms with E-state index in [1.54, 1.807) is 33.6 Å². The van der Waals surface area contributed by atoms with E-state index in [1.165, 1.54) is 38.0 Å². The summed E-state index contributed by atoms with van der Waals surface area (Å²) >= 11 is 0. The second kappa shape index (κ2) is 36.1. The summed E-state index contributed by atoms with van der Waals surface area (Å²) in [5.74, 6) is 2.52. The number of amides is 1. The molecular formula is C79H108N18O8. The molecule has 0 bridgehead atoms. The van der Waals surface area contributed by atoms with Crippen LogP contribution in [0.15, 0.2) is 98.4 Å². The van der Waals surface area contributed by atoms with Gasteiger partial charge >= 0.3 is 0 Å². The minimum atomic E-state index is -0.225. The Hall–Kier alpha value is -8.60. The van der Waals surface area contributed by atoms with Crippen LogP contribution in [0.2, 0.25) is 0 Å². The number of nitrogens with one attached hydrogen (secondary N) is 4. The summed E-state index contributed by atoms with van der Waals surface area (Å²) in [5.41, 5.74) is 15.7. The van der Waals surface area contributed by atoms with Crippen LogP contribution in [0.1, 0.15) is 188 Å². The number of hydrogen-bond donors (Lipinski definition) is 7. The number of fused-ring (bicyclic) bond motifs is 3. The minimum Gasteiger partial charge on any atom is -0.393 e. The average Bonchev–Trinajstić information content (AvgIpc) is 1.63. The van der Waals surface area contributed by atoms with Crippen molar-refractivity contribution >= 4 is 46.0 Å². The van der Waals surface area contributed by atoms with Crippen LogP contribution >= 0.6 is 0 Å². The molecule has 9 aromatic rings. The van der Waals surface area contributed by atoms with E-state index in [0.29, 0.717) is 61.1 Å². The third-order valence-corrected chi connectivity index (χ3v) is 20.8. The first kappa shape index (κ1) is 76.1. The lowest BCUT2D eigenvalue weighted by Gasteiger charge is -2.30. The van der Waals surface area contributed by atoms with Gasteiger partial charge in [-0.25, -0.2) is 28.5 Å². The number of methoxy groups -OCH3 is 3. The number of pyridine rings is 3. The van der Waals surface area contributed by atoms with Gasteiger partial charge in [0.1, 0.15) is 5.69 Å². The standard InChI is InChI=1S/C27H36N6O3.C27H38N6O2.C25H34N6O3/c1-18(17-35-3)30-27-29-16-26-23(14-25(33(26)31-27)20-4-7-22(34)8-5-20)21-6-9-24(28-15-21)19(2)32-10-12-36-13-11-32;1-19(18-35-2)30-27-29-16-26-24(14-25(33(26)31-27)20-7-10-23(34)11-8-20)21-6-9-22(28-15-21)17-32-12-4-3-5-13-32;1-15(2)28-24(33)21-10-7-18(12-26-21)20-11-22(17-5-8-19(32)9-6-17)31-23(20)13-27-25(30-31)29-16(3)14-34-4/h6,9,14-16,18,20,22,34H,2,4-5,7-8,10-13,17H2,1,3H3,(H,30,31);6,9,14-16,19-20,23,34H,3-5,7-8,10-13,17-18H2,1-2H3,(H,30,31);7,10-13,15-17,19,32H,5-6,8-9,14H2,1-4H3,(H,28,33)(H,29,30)/t18-,20?,22?;19-,20?,23?;16-,17?,19?/m000/s1. The molecule has 0 unspecified atom stereocenters. The van der Waals surface area contributed by atoms with Crippen molar-refractivity contribution in [3.63, 3.8) is 0 Å².